The molecule has 1 aromatic rings. The topological polar surface area (TPSA) is 50.4 Å². The van der Waals surface area contributed by atoms with Crippen LogP contribution in [-0.2, 0) is 16.0 Å². The van der Waals surface area contributed by atoms with Gasteiger partial charge in [-0.2, -0.15) is 0 Å². The van der Waals surface area contributed by atoms with Crippen LogP contribution in [0.4, 0.5) is 0 Å². The number of ether oxygens (including phenoxy) is 1. The van der Waals surface area contributed by atoms with Gasteiger partial charge in [-0.05, 0) is 31.0 Å². The Kier molecular flexibility index (Phi) is 5.19. The van der Waals surface area contributed by atoms with Gasteiger partial charge in [-0.3, -0.25) is 4.79 Å². The van der Waals surface area contributed by atoms with E-state index in [1.807, 2.05) is 31.2 Å². The first-order chi connectivity index (χ1) is 9.16. The number of amides is 1. The Hall–Kier alpha value is -1.10. The zero-order valence-corrected chi connectivity index (χ0v) is 11.7. The highest BCUT2D eigenvalue weighted by Crippen LogP contribution is 2.10. The molecule has 1 aromatic carbocycles. The minimum absolute atomic E-state index is 0.00534. The zero-order valence-electron chi connectivity index (χ0n) is 11.0. The summed E-state index contributed by atoms with van der Waals surface area (Å²) in [5, 5.41) is 6.82. The van der Waals surface area contributed by atoms with Crippen molar-refractivity contribution in [1.82, 2.24) is 10.6 Å². The van der Waals surface area contributed by atoms with Crippen molar-refractivity contribution in [1.29, 1.82) is 0 Å². The van der Waals surface area contributed by atoms with Crippen molar-refractivity contribution in [2.24, 2.45) is 0 Å². The fraction of sp³-hybridized carbons (Fsp3) is 0.500. The van der Waals surface area contributed by atoms with Gasteiger partial charge in [0, 0.05) is 18.1 Å². The fourth-order valence-corrected chi connectivity index (χ4v) is 2.37. The van der Waals surface area contributed by atoms with E-state index in [0.29, 0.717) is 13.2 Å². The molecule has 104 valence electrons. The molecule has 1 aliphatic rings. The van der Waals surface area contributed by atoms with Crippen LogP contribution in [0.2, 0.25) is 5.02 Å². The second-order valence-corrected chi connectivity index (χ2v) is 5.12. The van der Waals surface area contributed by atoms with Crippen LogP contribution in [0.15, 0.2) is 24.3 Å². The molecule has 0 bridgehead atoms. The Morgan fingerprint density at radius 3 is 3.16 bits per heavy atom. The van der Waals surface area contributed by atoms with Gasteiger partial charge in [-0.25, -0.2) is 0 Å². The second-order valence-electron chi connectivity index (χ2n) is 4.68. The van der Waals surface area contributed by atoms with Crippen LogP contribution in [-0.4, -0.2) is 37.7 Å². The van der Waals surface area contributed by atoms with Gasteiger partial charge >= 0.3 is 0 Å². The molecule has 0 spiro atoms. The molecule has 0 aliphatic carbocycles. The van der Waals surface area contributed by atoms with Gasteiger partial charge in [-0.15, -0.1) is 0 Å². The molecule has 0 saturated carbocycles. The second kappa shape index (κ2) is 6.89. The lowest BCUT2D eigenvalue weighted by atomic mass is 10.1. The third kappa shape index (κ3) is 4.20. The molecule has 2 N–H and O–H groups in total. The van der Waals surface area contributed by atoms with E-state index >= 15 is 0 Å². The van der Waals surface area contributed by atoms with E-state index in [2.05, 4.69) is 10.6 Å². The van der Waals surface area contributed by atoms with Gasteiger partial charge < -0.3 is 15.4 Å². The molecular formula is C14H19ClN2O2. The van der Waals surface area contributed by atoms with Crippen molar-refractivity contribution in [3.8, 4) is 0 Å². The van der Waals surface area contributed by atoms with E-state index in [9.17, 15) is 4.79 Å². The predicted molar refractivity (Wildman–Crippen MR) is 75.4 cm³/mol. The highest BCUT2D eigenvalue weighted by atomic mass is 35.5. The molecule has 19 heavy (non-hydrogen) atoms. The van der Waals surface area contributed by atoms with Gasteiger partial charge in [0.1, 0.15) is 6.04 Å². The fourth-order valence-electron chi connectivity index (χ4n) is 2.16. The minimum Gasteiger partial charge on any atom is -0.375 e. The Labute approximate surface area is 118 Å². The van der Waals surface area contributed by atoms with Crippen molar-refractivity contribution in [2.45, 2.75) is 25.5 Å². The van der Waals surface area contributed by atoms with Gasteiger partial charge in [0.2, 0.25) is 5.91 Å². The lowest BCUT2D eigenvalue weighted by Crippen LogP contribution is -2.55. The van der Waals surface area contributed by atoms with E-state index in [1.54, 1.807) is 0 Å². The number of carbonyl (C=O) groups excluding carboxylic acids is 1. The monoisotopic (exact) mass is 282 g/mol. The number of rotatable bonds is 4. The predicted octanol–water partition coefficient (Wildman–Crippen LogP) is 1.38. The molecule has 5 heteroatoms. The Morgan fingerprint density at radius 2 is 2.42 bits per heavy atom. The van der Waals surface area contributed by atoms with Crippen LogP contribution in [0.3, 0.4) is 0 Å². The summed E-state index contributed by atoms with van der Waals surface area (Å²) < 4.78 is 5.45. The number of carbonyl (C=O) groups is 1. The minimum atomic E-state index is -0.256. The Morgan fingerprint density at radius 1 is 1.58 bits per heavy atom. The summed E-state index contributed by atoms with van der Waals surface area (Å²) in [5.41, 5.74) is 1.12. The van der Waals surface area contributed by atoms with Crippen molar-refractivity contribution in [3.63, 3.8) is 0 Å². The van der Waals surface area contributed by atoms with Crippen LogP contribution in [0.1, 0.15) is 12.5 Å². The first kappa shape index (κ1) is 14.3. The van der Waals surface area contributed by atoms with Crippen molar-refractivity contribution in [3.05, 3.63) is 34.9 Å². The molecular weight excluding hydrogens is 264 g/mol. The van der Waals surface area contributed by atoms with E-state index in [0.717, 1.165) is 23.6 Å². The first-order valence-electron chi connectivity index (χ1n) is 6.54. The van der Waals surface area contributed by atoms with Gasteiger partial charge in [0.15, 0.2) is 0 Å². The third-order valence-electron chi connectivity index (χ3n) is 3.20. The molecule has 2 rings (SSSR count). The number of nitrogens with one attached hydrogen (secondary N) is 2. The maximum Gasteiger partial charge on any atom is 0.239 e. The molecule has 1 saturated heterocycles. The maximum atomic E-state index is 12.0. The van der Waals surface area contributed by atoms with E-state index < -0.39 is 0 Å². The standard InChI is InChI=1S/C14H19ClN2O2/c1-10-13(16-7-8-19-10)14(18)17-6-5-11-3-2-4-12(15)9-11/h2-4,9-10,13,16H,5-8H2,1H3,(H,17,18)/t10-,13+/m1/s1. The van der Waals surface area contributed by atoms with E-state index in [1.165, 1.54) is 0 Å². The average Bonchev–Trinajstić information content (AvgIpc) is 2.39. The van der Waals surface area contributed by atoms with Crippen molar-refractivity contribution in [2.75, 3.05) is 19.7 Å². The van der Waals surface area contributed by atoms with Crippen LogP contribution in [0.25, 0.3) is 0 Å². The molecule has 1 heterocycles. The average molecular weight is 283 g/mol. The molecule has 2 atom stereocenters. The van der Waals surface area contributed by atoms with Crippen LogP contribution < -0.4 is 10.6 Å². The summed E-state index contributed by atoms with van der Waals surface area (Å²) in [6.45, 7) is 3.89. The number of benzene rings is 1. The Bertz CT molecular complexity index is 439. The van der Waals surface area contributed by atoms with Crippen molar-refractivity contribution >= 4 is 17.5 Å². The largest absolute Gasteiger partial charge is 0.375 e. The third-order valence-corrected chi connectivity index (χ3v) is 3.44. The number of hydrogen-bond acceptors (Lipinski definition) is 3. The highest BCUT2D eigenvalue weighted by Gasteiger charge is 2.27. The molecule has 1 amide bonds. The van der Waals surface area contributed by atoms with Crippen LogP contribution >= 0.6 is 11.6 Å². The first-order valence-corrected chi connectivity index (χ1v) is 6.92. The SMILES string of the molecule is C[C@H]1OCCN[C@@H]1C(=O)NCCc1cccc(Cl)c1. The molecule has 1 aliphatic heterocycles. The van der Waals surface area contributed by atoms with E-state index in [4.69, 9.17) is 16.3 Å². The van der Waals surface area contributed by atoms with Gasteiger partial charge in [-0.1, -0.05) is 23.7 Å². The molecule has 1 fully saturated rings. The van der Waals surface area contributed by atoms with Gasteiger partial charge in [0.25, 0.3) is 0 Å². The van der Waals surface area contributed by atoms with E-state index in [-0.39, 0.29) is 18.1 Å². The number of hydrogen-bond donors (Lipinski definition) is 2. The number of morpholine rings is 1. The summed E-state index contributed by atoms with van der Waals surface area (Å²) in [7, 11) is 0. The number of halogens is 1. The molecule has 0 unspecified atom stereocenters. The van der Waals surface area contributed by atoms with Crippen LogP contribution in [0, 0.1) is 0 Å². The highest BCUT2D eigenvalue weighted by molar-refractivity contribution is 6.30. The van der Waals surface area contributed by atoms with Gasteiger partial charge in [0.05, 0.1) is 12.7 Å². The zero-order chi connectivity index (χ0) is 13.7. The summed E-state index contributed by atoms with van der Waals surface area (Å²) in [6, 6.07) is 7.42. The molecule has 0 aromatic heterocycles. The van der Waals surface area contributed by atoms with Crippen LogP contribution in [0.5, 0.6) is 0 Å². The smallest absolute Gasteiger partial charge is 0.239 e. The summed E-state index contributed by atoms with van der Waals surface area (Å²) in [6.07, 6.45) is 0.689. The molecule has 0 radical (unpaired) electrons. The normalized spacial score (nSPS) is 23.1. The Balaban J connectivity index is 1.77. The maximum absolute atomic E-state index is 12.0. The summed E-state index contributed by atoms with van der Waals surface area (Å²) in [4.78, 5) is 12.0. The summed E-state index contributed by atoms with van der Waals surface area (Å²) >= 11 is 5.91. The summed E-state index contributed by atoms with van der Waals surface area (Å²) in [5.74, 6) is -0.00534. The lowest BCUT2D eigenvalue weighted by Gasteiger charge is -2.29. The quantitative estimate of drug-likeness (QED) is 0.877. The van der Waals surface area contributed by atoms with Crippen molar-refractivity contribution < 1.29 is 9.53 Å². The molecule has 4 nitrogen and oxygen atoms in total. The lowest BCUT2D eigenvalue weighted by molar-refractivity contribution is -0.128.